The van der Waals surface area contributed by atoms with Gasteiger partial charge in [-0.1, -0.05) is 11.6 Å². The Kier molecular flexibility index (Phi) is 5.30. The van der Waals surface area contributed by atoms with Gasteiger partial charge >= 0.3 is 6.09 Å². The maximum absolute atomic E-state index is 11.4. The monoisotopic (exact) mass is 286 g/mol. The molecule has 0 aliphatic rings. The van der Waals surface area contributed by atoms with Crippen LogP contribution in [0.3, 0.4) is 0 Å². The quantitative estimate of drug-likeness (QED) is 0.588. The molecule has 0 atom stereocenters. The lowest BCUT2D eigenvalue weighted by atomic mass is 10.2. The van der Waals surface area contributed by atoms with E-state index in [-0.39, 0.29) is 10.8 Å². The molecular formula is C13H19ClN2O3. The van der Waals surface area contributed by atoms with Crippen molar-refractivity contribution < 1.29 is 14.6 Å². The zero-order chi connectivity index (χ0) is 14.5. The molecule has 1 aromatic carbocycles. The van der Waals surface area contributed by atoms with Crippen LogP contribution >= 0.6 is 11.6 Å². The fraction of sp³-hybridized carbons (Fsp3) is 0.462. The SMILES string of the molecule is CC(C)(C)OC(=O)NCCNc1ccc(O)c(Cl)c1. The highest BCUT2D eigenvalue weighted by Gasteiger charge is 2.15. The van der Waals surface area contributed by atoms with Crippen molar-refractivity contribution in [1.29, 1.82) is 0 Å². The van der Waals surface area contributed by atoms with E-state index in [2.05, 4.69) is 10.6 Å². The Morgan fingerprint density at radius 3 is 2.63 bits per heavy atom. The first-order valence-electron chi connectivity index (χ1n) is 5.97. The number of hydrogen-bond acceptors (Lipinski definition) is 4. The van der Waals surface area contributed by atoms with Crippen molar-refractivity contribution in [3.63, 3.8) is 0 Å². The second-order valence-corrected chi connectivity index (χ2v) is 5.43. The lowest BCUT2D eigenvalue weighted by Crippen LogP contribution is -2.34. The molecule has 0 heterocycles. The number of ether oxygens (including phenoxy) is 1. The first-order valence-corrected chi connectivity index (χ1v) is 6.35. The number of amides is 1. The summed E-state index contributed by atoms with van der Waals surface area (Å²) >= 11 is 5.77. The number of carbonyl (C=O) groups is 1. The summed E-state index contributed by atoms with van der Waals surface area (Å²) in [5.41, 5.74) is 0.274. The third-order valence-electron chi connectivity index (χ3n) is 2.07. The highest BCUT2D eigenvalue weighted by Crippen LogP contribution is 2.25. The first-order chi connectivity index (χ1) is 8.78. The molecule has 0 spiro atoms. The van der Waals surface area contributed by atoms with Gasteiger partial charge in [0.05, 0.1) is 5.02 Å². The normalized spacial score (nSPS) is 10.9. The van der Waals surface area contributed by atoms with Crippen LogP contribution in [0.1, 0.15) is 20.8 Å². The van der Waals surface area contributed by atoms with E-state index in [1.54, 1.807) is 12.1 Å². The molecule has 0 radical (unpaired) electrons. The largest absolute Gasteiger partial charge is 0.506 e. The molecule has 5 nitrogen and oxygen atoms in total. The van der Waals surface area contributed by atoms with Crippen LogP contribution in [0.4, 0.5) is 10.5 Å². The maximum atomic E-state index is 11.4. The molecule has 1 aromatic rings. The van der Waals surface area contributed by atoms with Crippen LogP contribution in [0.5, 0.6) is 5.75 Å². The summed E-state index contributed by atoms with van der Waals surface area (Å²) in [7, 11) is 0. The minimum atomic E-state index is -0.498. The minimum absolute atomic E-state index is 0.0408. The van der Waals surface area contributed by atoms with Crippen LogP contribution < -0.4 is 10.6 Å². The number of halogens is 1. The zero-order valence-corrected chi connectivity index (χ0v) is 12.0. The minimum Gasteiger partial charge on any atom is -0.506 e. The molecule has 106 valence electrons. The second kappa shape index (κ2) is 6.52. The van der Waals surface area contributed by atoms with E-state index in [9.17, 15) is 9.90 Å². The Morgan fingerprint density at radius 2 is 2.05 bits per heavy atom. The molecule has 19 heavy (non-hydrogen) atoms. The lowest BCUT2D eigenvalue weighted by Gasteiger charge is -2.19. The third-order valence-corrected chi connectivity index (χ3v) is 2.37. The number of alkyl carbamates (subject to hydrolysis) is 1. The van der Waals surface area contributed by atoms with Gasteiger partial charge in [-0.25, -0.2) is 4.79 Å². The maximum Gasteiger partial charge on any atom is 0.407 e. The van der Waals surface area contributed by atoms with Crippen molar-refractivity contribution in [1.82, 2.24) is 5.32 Å². The number of carbonyl (C=O) groups excluding carboxylic acids is 1. The van der Waals surface area contributed by atoms with Gasteiger partial charge in [0.2, 0.25) is 0 Å². The molecule has 1 amide bonds. The number of phenols is 1. The number of nitrogens with one attached hydrogen (secondary N) is 2. The van der Waals surface area contributed by atoms with Gasteiger partial charge in [0.1, 0.15) is 11.4 Å². The van der Waals surface area contributed by atoms with Gasteiger partial charge in [-0.15, -0.1) is 0 Å². The van der Waals surface area contributed by atoms with Gasteiger partial charge in [0.15, 0.2) is 0 Å². The van der Waals surface area contributed by atoms with Gasteiger partial charge in [-0.3, -0.25) is 0 Å². The third kappa shape index (κ3) is 6.20. The van der Waals surface area contributed by atoms with E-state index in [4.69, 9.17) is 16.3 Å². The Bertz CT molecular complexity index is 444. The summed E-state index contributed by atoms with van der Waals surface area (Å²) in [4.78, 5) is 11.4. The second-order valence-electron chi connectivity index (χ2n) is 5.02. The molecule has 0 aliphatic carbocycles. The number of phenolic OH excluding ortho intramolecular Hbond substituents is 1. The van der Waals surface area contributed by atoms with Gasteiger partial charge in [0, 0.05) is 18.8 Å². The predicted octanol–water partition coefficient (Wildman–Crippen LogP) is 2.98. The molecule has 0 saturated carbocycles. The van der Waals surface area contributed by atoms with Crippen molar-refractivity contribution >= 4 is 23.4 Å². The van der Waals surface area contributed by atoms with E-state index in [1.165, 1.54) is 6.07 Å². The molecule has 0 bridgehead atoms. The topological polar surface area (TPSA) is 70.6 Å². The summed E-state index contributed by atoms with van der Waals surface area (Å²) < 4.78 is 5.09. The Labute approximate surface area is 117 Å². The van der Waals surface area contributed by atoms with Crippen LogP contribution in [-0.4, -0.2) is 29.9 Å². The Hall–Kier alpha value is -1.62. The number of anilines is 1. The van der Waals surface area contributed by atoms with Gasteiger partial charge in [0.25, 0.3) is 0 Å². The molecule has 0 aromatic heterocycles. The standard InChI is InChI=1S/C13H19ClN2O3/c1-13(2,3)19-12(18)16-7-6-15-9-4-5-11(17)10(14)8-9/h4-5,8,15,17H,6-7H2,1-3H3,(H,16,18). The molecule has 6 heteroatoms. The summed E-state index contributed by atoms with van der Waals surface area (Å²) in [5.74, 6) is 0.0408. The van der Waals surface area contributed by atoms with E-state index in [0.717, 1.165) is 5.69 Å². The van der Waals surface area contributed by atoms with Crippen LogP contribution in [0.15, 0.2) is 18.2 Å². The number of benzene rings is 1. The molecule has 0 saturated heterocycles. The predicted molar refractivity (Wildman–Crippen MR) is 75.8 cm³/mol. The summed E-state index contributed by atoms with van der Waals surface area (Å²) in [5, 5.41) is 15.2. The van der Waals surface area contributed by atoms with Crippen molar-refractivity contribution in [3.8, 4) is 5.75 Å². The average molecular weight is 287 g/mol. The lowest BCUT2D eigenvalue weighted by molar-refractivity contribution is 0.0530. The van der Waals surface area contributed by atoms with Crippen LogP contribution in [0, 0.1) is 0 Å². The van der Waals surface area contributed by atoms with Gasteiger partial charge in [-0.2, -0.15) is 0 Å². The summed E-state index contributed by atoms with van der Waals surface area (Å²) in [6, 6.07) is 4.82. The van der Waals surface area contributed by atoms with E-state index in [1.807, 2.05) is 20.8 Å². The molecule has 3 N–H and O–H groups in total. The number of hydrogen-bond donors (Lipinski definition) is 3. The number of rotatable bonds is 4. The van der Waals surface area contributed by atoms with Crippen molar-refractivity contribution in [3.05, 3.63) is 23.2 Å². The van der Waals surface area contributed by atoms with Crippen molar-refractivity contribution in [2.24, 2.45) is 0 Å². The fourth-order valence-electron chi connectivity index (χ4n) is 1.30. The number of aromatic hydroxyl groups is 1. The van der Waals surface area contributed by atoms with Gasteiger partial charge in [-0.05, 0) is 39.0 Å². The molecule has 0 unspecified atom stereocenters. The van der Waals surface area contributed by atoms with E-state index >= 15 is 0 Å². The highest BCUT2D eigenvalue weighted by atomic mass is 35.5. The smallest absolute Gasteiger partial charge is 0.407 e. The fourth-order valence-corrected chi connectivity index (χ4v) is 1.48. The summed E-state index contributed by atoms with van der Waals surface area (Å²) in [6.45, 7) is 6.38. The highest BCUT2D eigenvalue weighted by molar-refractivity contribution is 6.32. The zero-order valence-electron chi connectivity index (χ0n) is 11.3. The molecular weight excluding hydrogens is 268 g/mol. The van der Waals surface area contributed by atoms with Crippen LogP contribution in [-0.2, 0) is 4.74 Å². The van der Waals surface area contributed by atoms with E-state index in [0.29, 0.717) is 13.1 Å². The molecule has 0 aliphatic heterocycles. The van der Waals surface area contributed by atoms with Crippen LogP contribution in [0.2, 0.25) is 5.02 Å². The van der Waals surface area contributed by atoms with E-state index < -0.39 is 11.7 Å². The van der Waals surface area contributed by atoms with Gasteiger partial charge < -0.3 is 20.5 Å². The molecule has 0 fully saturated rings. The average Bonchev–Trinajstić information content (AvgIpc) is 2.27. The van der Waals surface area contributed by atoms with Crippen molar-refractivity contribution in [2.75, 3.05) is 18.4 Å². The Balaban J connectivity index is 2.27. The van der Waals surface area contributed by atoms with Crippen molar-refractivity contribution in [2.45, 2.75) is 26.4 Å². The first kappa shape index (κ1) is 15.4. The molecule has 1 rings (SSSR count). The Morgan fingerprint density at radius 1 is 1.37 bits per heavy atom. The summed E-state index contributed by atoms with van der Waals surface area (Å²) in [6.07, 6.45) is -0.446. The van der Waals surface area contributed by atoms with Crippen LogP contribution in [0.25, 0.3) is 0 Å².